The van der Waals surface area contributed by atoms with Crippen LogP contribution in [0.1, 0.15) is 24.0 Å². The molecule has 0 radical (unpaired) electrons. The molecule has 0 amide bonds. The Hall–Kier alpha value is -2.05. The molecule has 0 saturated carbocycles. The van der Waals surface area contributed by atoms with E-state index in [1.807, 2.05) is 25.3 Å². The van der Waals surface area contributed by atoms with Gasteiger partial charge in [0.05, 0.1) is 17.9 Å². The number of thiazole rings is 1. The third kappa shape index (κ3) is 4.27. The molecule has 3 aromatic rings. The van der Waals surface area contributed by atoms with Crippen molar-refractivity contribution in [2.24, 2.45) is 0 Å². The molecule has 126 valence electrons. The molecule has 0 aliphatic carbocycles. The van der Waals surface area contributed by atoms with E-state index < -0.39 is 0 Å². The highest BCUT2D eigenvalue weighted by molar-refractivity contribution is 7.13. The Kier molecular flexibility index (Phi) is 5.37. The van der Waals surface area contributed by atoms with E-state index in [0.29, 0.717) is 6.04 Å². The minimum absolute atomic E-state index is 0.374. The van der Waals surface area contributed by atoms with Crippen molar-refractivity contribution < 1.29 is 0 Å². The van der Waals surface area contributed by atoms with Crippen LogP contribution in [0.15, 0.2) is 36.0 Å². The van der Waals surface area contributed by atoms with Gasteiger partial charge >= 0.3 is 0 Å². The third-order valence-electron chi connectivity index (χ3n) is 3.88. The van der Waals surface area contributed by atoms with E-state index in [9.17, 15) is 0 Å². The lowest BCUT2D eigenvalue weighted by Gasteiger charge is -2.14. The lowest BCUT2D eigenvalue weighted by atomic mass is 10.2. The van der Waals surface area contributed by atoms with Gasteiger partial charge in [-0.3, -0.25) is 9.67 Å². The zero-order chi connectivity index (χ0) is 16.9. The van der Waals surface area contributed by atoms with E-state index >= 15 is 0 Å². The van der Waals surface area contributed by atoms with Gasteiger partial charge in [0, 0.05) is 48.0 Å². The highest BCUT2D eigenvalue weighted by Crippen LogP contribution is 2.22. The Morgan fingerprint density at radius 1 is 1.33 bits per heavy atom. The topological polar surface area (TPSA) is 55.6 Å². The van der Waals surface area contributed by atoms with Crippen molar-refractivity contribution >= 4 is 11.3 Å². The van der Waals surface area contributed by atoms with Crippen LogP contribution in [-0.2, 0) is 13.0 Å². The Bertz CT molecular complexity index is 778. The van der Waals surface area contributed by atoms with Crippen molar-refractivity contribution in [1.29, 1.82) is 0 Å². The second-order valence-electron chi connectivity index (χ2n) is 6.10. The fourth-order valence-corrected chi connectivity index (χ4v) is 3.52. The summed E-state index contributed by atoms with van der Waals surface area (Å²) in [5, 5.41) is 11.2. The second-order valence-corrected chi connectivity index (χ2v) is 6.96. The molecule has 0 aliphatic rings. The third-order valence-corrected chi connectivity index (χ3v) is 4.82. The minimum atomic E-state index is 0.374. The predicted molar refractivity (Wildman–Crippen MR) is 98.2 cm³/mol. The van der Waals surface area contributed by atoms with Crippen LogP contribution in [0.3, 0.4) is 0 Å². The first kappa shape index (κ1) is 16.8. The molecule has 3 heterocycles. The summed E-state index contributed by atoms with van der Waals surface area (Å²) in [5.74, 6) is 0. The van der Waals surface area contributed by atoms with Crippen molar-refractivity contribution in [3.8, 4) is 10.6 Å². The van der Waals surface area contributed by atoms with Crippen LogP contribution in [0.5, 0.6) is 0 Å². The number of hydrogen-bond donors (Lipinski definition) is 1. The lowest BCUT2D eigenvalue weighted by molar-refractivity contribution is 0.446. The van der Waals surface area contributed by atoms with E-state index in [4.69, 9.17) is 4.98 Å². The van der Waals surface area contributed by atoms with Gasteiger partial charge in [0.15, 0.2) is 0 Å². The summed E-state index contributed by atoms with van der Waals surface area (Å²) in [6.07, 6.45) is 4.57. The van der Waals surface area contributed by atoms with Gasteiger partial charge in [0.25, 0.3) is 0 Å². The van der Waals surface area contributed by atoms with Gasteiger partial charge in [0.1, 0.15) is 5.01 Å². The van der Waals surface area contributed by atoms with Crippen molar-refractivity contribution in [3.63, 3.8) is 0 Å². The molecule has 0 fully saturated rings. The number of rotatable bonds is 7. The standard InChI is InChI=1S/C18H23N5S/c1-13-9-15(3)23(22-13)11-14(2)20-8-6-17-12-24-18(21-17)16-5-4-7-19-10-16/h4-5,7,9-10,12,14,20H,6,8,11H2,1-3H3. The van der Waals surface area contributed by atoms with Crippen molar-refractivity contribution in [3.05, 3.63) is 53.1 Å². The predicted octanol–water partition coefficient (Wildman–Crippen LogP) is 3.24. The summed E-state index contributed by atoms with van der Waals surface area (Å²) in [7, 11) is 0. The fourth-order valence-electron chi connectivity index (χ4n) is 2.67. The quantitative estimate of drug-likeness (QED) is 0.717. The second kappa shape index (κ2) is 7.68. The molecule has 1 atom stereocenters. The molecule has 0 aromatic carbocycles. The molecule has 1 N–H and O–H groups in total. The number of hydrogen-bond acceptors (Lipinski definition) is 5. The van der Waals surface area contributed by atoms with Crippen molar-refractivity contribution in [2.75, 3.05) is 6.54 Å². The number of nitrogens with zero attached hydrogens (tertiary/aromatic N) is 4. The average molecular weight is 341 g/mol. The summed E-state index contributed by atoms with van der Waals surface area (Å²) in [6, 6.07) is 6.48. The normalized spacial score (nSPS) is 12.5. The minimum Gasteiger partial charge on any atom is -0.312 e. The van der Waals surface area contributed by atoms with Gasteiger partial charge in [-0.15, -0.1) is 11.3 Å². The Balaban J connectivity index is 1.48. The molecule has 6 heteroatoms. The maximum atomic E-state index is 4.70. The summed E-state index contributed by atoms with van der Waals surface area (Å²) in [4.78, 5) is 8.85. The average Bonchev–Trinajstić information content (AvgIpc) is 3.15. The molecule has 0 spiro atoms. The molecule has 0 bridgehead atoms. The van der Waals surface area contributed by atoms with Crippen LogP contribution < -0.4 is 5.32 Å². The van der Waals surface area contributed by atoms with Gasteiger partial charge in [-0.2, -0.15) is 5.10 Å². The highest BCUT2D eigenvalue weighted by Gasteiger charge is 2.08. The molecular formula is C18H23N5S. The van der Waals surface area contributed by atoms with Crippen LogP contribution in [0.4, 0.5) is 0 Å². The fraction of sp³-hybridized carbons (Fsp3) is 0.389. The van der Waals surface area contributed by atoms with Gasteiger partial charge in [-0.25, -0.2) is 4.98 Å². The van der Waals surface area contributed by atoms with Crippen molar-refractivity contribution in [1.82, 2.24) is 25.1 Å². The molecule has 3 aromatic heterocycles. The summed E-state index contributed by atoms with van der Waals surface area (Å²) in [5.41, 5.74) is 4.50. The molecule has 5 nitrogen and oxygen atoms in total. The zero-order valence-electron chi connectivity index (χ0n) is 14.4. The van der Waals surface area contributed by atoms with E-state index in [1.165, 1.54) is 5.69 Å². The maximum absolute atomic E-state index is 4.70. The van der Waals surface area contributed by atoms with Crippen LogP contribution in [0.25, 0.3) is 10.6 Å². The first-order valence-electron chi connectivity index (χ1n) is 8.21. The maximum Gasteiger partial charge on any atom is 0.125 e. The summed E-state index contributed by atoms with van der Waals surface area (Å²) < 4.78 is 2.07. The van der Waals surface area contributed by atoms with Crippen LogP contribution in [-0.4, -0.2) is 32.3 Å². The summed E-state index contributed by atoms with van der Waals surface area (Å²) >= 11 is 1.68. The summed E-state index contributed by atoms with van der Waals surface area (Å²) in [6.45, 7) is 8.12. The number of aromatic nitrogens is 4. The largest absolute Gasteiger partial charge is 0.312 e. The SMILES string of the molecule is Cc1cc(C)n(CC(C)NCCc2csc(-c3cccnc3)n2)n1. The molecule has 24 heavy (non-hydrogen) atoms. The molecule has 1 unspecified atom stereocenters. The van der Waals surface area contributed by atoms with Gasteiger partial charge < -0.3 is 5.32 Å². The molecular weight excluding hydrogens is 318 g/mol. The Labute approximate surface area is 146 Å². The van der Waals surface area contributed by atoms with Crippen LogP contribution >= 0.6 is 11.3 Å². The first-order valence-corrected chi connectivity index (χ1v) is 9.09. The van der Waals surface area contributed by atoms with Crippen LogP contribution in [0, 0.1) is 13.8 Å². The van der Waals surface area contributed by atoms with Gasteiger partial charge in [0.2, 0.25) is 0 Å². The Morgan fingerprint density at radius 2 is 2.21 bits per heavy atom. The molecule has 0 aliphatic heterocycles. The van der Waals surface area contributed by atoms with Crippen molar-refractivity contribution in [2.45, 2.75) is 39.8 Å². The molecule has 0 saturated heterocycles. The lowest BCUT2D eigenvalue weighted by Crippen LogP contribution is -2.32. The molecule has 3 rings (SSSR count). The van der Waals surface area contributed by atoms with Crippen LogP contribution in [0.2, 0.25) is 0 Å². The smallest absolute Gasteiger partial charge is 0.125 e. The highest BCUT2D eigenvalue weighted by atomic mass is 32.1. The number of pyridine rings is 1. The monoisotopic (exact) mass is 341 g/mol. The zero-order valence-corrected chi connectivity index (χ0v) is 15.2. The Morgan fingerprint density at radius 3 is 2.92 bits per heavy atom. The van der Waals surface area contributed by atoms with Gasteiger partial charge in [-0.05, 0) is 39.0 Å². The van der Waals surface area contributed by atoms with E-state index in [-0.39, 0.29) is 0 Å². The van der Waals surface area contributed by atoms with Gasteiger partial charge in [-0.1, -0.05) is 0 Å². The number of nitrogens with one attached hydrogen (secondary N) is 1. The van der Waals surface area contributed by atoms with E-state index in [1.54, 1.807) is 17.5 Å². The van der Waals surface area contributed by atoms with E-state index in [0.717, 1.165) is 41.5 Å². The number of aryl methyl sites for hydroxylation is 2. The first-order chi connectivity index (χ1) is 11.6. The van der Waals surface area contributed by atoms with E-state index in [2.05, 4.69) is 45.4 Å².